The number of non-ortho nitro benzene ring substituents is 1. The average Bonchev–Trinajstić information content (AvgIpc) is 2.84. The van der Waals surface area contributed by atoms with Crippen LogP contribution in [-0.2, 0) is 0 Å². The van der Waals surface area contributed by atoms with Gasteiger partial charge in [0.05, 0.1) is 16.2 Å². The number of anilines is 2. The molecule has 0 atom stereocenters. The van der Waals surface area contributed by atoms with Crippen molar-refractivity contribution in [1.82, 2.24) is 4.90 Å². The Hall–Kier alpha value is -4.20. The van der Waals surface area contributed by atoms with Gasteiger partial charge in [0.25, 0.3) is 17.5 Å². The highest BCUT2D eigenvalue weighted by molar-refractivity contribution is 6.09. The molecule has 1 fully saturated rings. The molecular weight excluding hydrogens is 408 g/mol. The summed E-state index contributed by atoms with van der Waals surface area (Å²) in [5, 5.41) is 13.9. The second-order valence-electron chi connectivity index (χ2n) is 7.42. The van der Waals surface area contributed by atoms with E-state index in [0.717, 1.165) is 5.69 Å². The molecule has 0 radical (unpaired) electrons. The van der Waals surface area contributed by atoms with Gasteiger partial charge in [0, 0.05) is 49.6 Å². The molecule has 0 unspecified atom stereocenters. The minimum absolute atomic E-state index is 0.0455. The minimum atomic E-state index is -0.413. The Labute approximate surface area is 185 Å². The predicted molar refractivity (Wildman–Crippen MR) is 122 cm³/mol. The quantitative estimate of drug-likeness (QED) is 0.491. The van der Waals surface area contributed by atoms with E-state index in [2.05, 4.69) is 5.32 Å². The molecule has 32 heavy (non-hydrogen) atoms. The number of hydrogen-bond donors (Lipinski definition) is 1. The molecule has 2 amide bonds. The van der Waals surface area contributed by atoms with Crippen LogP contribution >= 0.6 is 0 Å². The van der Waals surface area contributed by atoms with E-state index in [9.17, 15) is 19.7 Å². The Balaban J connectivity index is 1.44. The molecule has 0 spiro atoms. The molecular formula is C24H22N4O4. The highest BCUT2D eigenvalue weighted by Crippen LogP contribution is 2.24. The predicted octanol–water partition coefficient (Wildman–Crippen LogP) is 3.81. The molecule has 0 aromatic heterocycles. The van der Waals surface area contributed by atoms with Crippen molar-refractivity contribution in [3.63, 3.8) is 0 Å². The fourth-order valence-electron chi connectivity index (χ4n) is 3.70. The number of piperazine rings is 1. The van der Waals surface area contributed by atoms with Crippen LogP contribution in [-0.4, -0.2) is 47.8 Å². The monoisotopic (exact) mass is 430 g/mol. The first kappa shape index (κ1) is 21.0. The zero-order chi connectivity index (χ0) is 22.5. The maximum atomic E-state index is 13.2. The van der Waals surface area contributed by atoms with Crippen LogP contribution in [0.5, 0.6) is 0 Å². The Kier molecular flexibility index (Phi) is 6.12. The molecule has 1 aliphatic rings. The molecule has 162 valence electrons. The lowest BCUT2D eigenvalue weighted by molar-refractivity contribution is -0.384. The van der Waals surface area contributed by atoms with E-state index in [0.29, 0.717) is 43.0 Å². The zero-order valence-electron chi connectivity index (χ0n) is 17.3. The number of nitro groups is 1. The normalized spacial score (nSPS) is 13.5. The van der Waals surface area contributed by atoms with E-state index >= 15 is 0 Å². The lowest BCUT2D eigenvalue weighted by Crippen LogP contribution is -2.49. The van der Waals surface area contributed by atoms with Crippen molar-refractivity contribution >= 4 is 28.9 Å². The number of hydrogen-bond acceptors (Lipinski definition) is 5. The molecule has 8 heteroatoms. The molecule has 3 aromatic carbocycles. The van der Waals surface area contributed by atoms with Crippen LogP contribution in [0.25, 0.3) is 0 Å². The van der Waals surface area contributed by atoms with Crippen LogP contribution in [0.1, 0.15) is 20.7 Å². The second kappa shape index (κ2) is 9.30. The fraction of sp³-hybridized carbons (Fsp3) is 0.167. The van der Waals surface area contributed by atoms with Gasteiger partial charge in [0.2, 0.25) is 0 Å². The summed E-state index contributed by atoms with van der Waals surface area (Å²) in [7, 11) is 0. The third-order valence-corrected chi connectivity index (χ3v) is 5.41. The summed E-state index contributed by atoms with van der Waals surface area (Å²) in [6.45, 7) is 2.07. The van der Waals surface area contributed by atoms with Gasteiger partial charge in [-0.05, 0) is 30.3 Å². The number of benzene rings is 3. The first-order valence-corrected chi connectivity index (χ1v) is 10.3. The van der Waals surface area contributed by atoms with Crippen molar-refractivity contribution in [1.29, 1.82) is 0 Å². The molecule has 1 saturated heterocycles. The Bertz CT molecular complexity index is 1140. The highest BCUT2D eigenvalue weighted by Gasteiger charge is 2.25. The summed E-state index contributed by atoms with van der Waals surface area (Å²) < 4.78 is 0. The molecule has 3 aromatic rings. The van der Waals surface area contributed by atoms with Crippen LogP contribution in [0.2, 0.25) is 0 Å². The van der Waals surface area contributed by atoms with E-state index in [1.54, 1.807) is 65.6 Å². The first-order valence-electron chi connectivity index (χ1n) is 10.3. The van der Waals surface area contributed by atoms with Crippen LogP contribution in [0.15, 0.2) is 78.9 Å². The number of rotatable bonds is 5. The Morgan fingerprint density at radius 2 is 1.53 bits per heavy atom. The molecule has 8 nitrogen and oxygen atoms in total. The fourth-order valence-corrected chi connectivity index (χ4v) is 3.70. The zero-order valence-corrected chi connectivity index (χ0v) is 17.3. The minimum Gasteiger partial charge on any atom is -0.368 e. The number of carbonyl (C=O) groups is 2. The van der Waals surface area contributed by atoms with Crippen molar-refractivity contribution in [2.45, 2.75) is 0 Å². The number of nitro benzene ring substituents is 1. The van der Waals surface area contributed by atoms with E-state index in [-0.39, 0.29) is 17.5 Å². The summed E-state index contributed by atoms with van der Waals surface area (Å²) in [6.07, 6.45) is 0. The van der Waals surface area contributed by atoms with Gasteiger partial charge in [-0.1, -0.05) is 36.4 Å². The summed E-state index contributed by atoms with van der Waals surface area (Å²) >= 11 is 0. The average molecular weight is 430 g/mol. The number of carbonyl (C=O) groups excluding carboxylic acids is 2. The molecule has 0 aliphatic carbocycles. The molecule has 0 bridgehead atoms. The summed E-state index contributed by atoms with van der Waals surface area (Å²) in [4.78, 5) is 40.1. The Morgan fingerprint density at radius 3 is 2.25 bits per heavy atom. The van der Waals surface area contributed by atoms with Gasteiger partial charge >= 0.3 is 0 Å². The smallest absolute Gasteiger partial charge is 0.271 e. The van der Waals surface area contributed by atoms with Gasteiger partial charge < -0.3 is 15.1 Å². The maximum absolute atomic E-state index is 13.2. The number of nitrogens with zero attached hydrogens (tertiary/aromatic N) is 3. The van der Waals surface area contributed by atoms with Crippen LogP contribution < -0.4 is 10.2 Å². The molecule has 1 N–H and O–H groups in total. The summed E-state index contributed by atoms with van der Waals surface area (Å²) in [5.41, 5.74) is 2.22. The molecule has 0 saturated carbocycles. The van der Waals surface area contributed by atoms with Gasteiger partial charge in [-0.2, -0.15) is 0 Å². The van der Waals surface area contributed by atoms with Gasteiger partial charge in [0.15, 0.2) is 0 Å². The van der Waals surface area contributed by atoms with Gasteiger partial charge in [-0.15, -0.1) is 0 Å². The molecule has 1 heterocycles. The van der Waals surface area contributed by atoms with Crippen LogP contribution in [0.3, 0.4) is 0 Å². The third kappa shape index (κ3) is 4.59. The van der Waals surface area contributed by atoms with Crippen molar-refractivity contribution in [3.05, 3.63) is 100 Å². The van der Waals surface area contributed by atoms with Gasteiger partial charge in [-0.25, -0.2) is 0 Å². The largest absolute Gasteiger partial charge is 0.368 e. The third-order valence-electron chi connectivity index (χ3n) is 5.41. The van der Waals surface area contributed by atoms with Crippen LogP contribution in [0.4, 0.5) is 17.1 Å². The summed E-state index contributed by atoms with van der Waals surface area (Å²) in [5.74, 6) is -0.436. The topological polar surface area (TPSA) is 95.8 Å². The molecule has 4 rings (SSSR count). The van der Waals surface area contributed by atoms with Crippen molar-refractivity contribution in [2.75, 3.05) is 36.4 Å². The lowest BCUT2D eigenvalue weighted by Gasteiger charge is -2.36. The van der Waals surface area contributed by atoms with E-state index in [1.807, 2.05) is 17.0 Å². The standard InChI is InChI=1S/C24H22N4O4/c29-23(18-7-2-1-3-8-18)25-22-12-5-4-11-21(22)24(30)27-15-13-26(14-16-27)19-9-6-10-20(17-19)28(31)32/h1-12,17H,13-16H2,(H,25,29). The number of amides is 2. The van der Waals surface area contributed by atoms with Crippen LogP contribution in [0, 0.1) is 10.1 Å². The van der Waals surface area contributed by atoms with Crippen molar-refractivity contribution < 1.29 is 14.5 Å². The number of nitrogens with one attached hydrogen (secondary N) is 1. The maximum Gasteiger partial charge on any atom is 0.271 e. The van der Waals surface area contributed by atoms with E-state index in [4.69, 9.17) is 0 Å². The SMILES string of the molecule is O=C(Nc1ccccc1C(=O)N1CCN(c2cccc([N+](=O)[O-])c2)CC1)c1ccccc1. The highest BCUT2D eigenvalue weighted by atomic mass is 16.6. The lowest BCUT2D eigenvalue weighted by atomic mass is 10.1. The Morgan fingerprint density at radius 1 is 0.844 bits per heavy atom. The van der Waals surface area contributed by atoms with E-state index < -0.39 is 4.92 Å². The van der Waals surface area contributed by atoms with Gasteiger partial charge in [-0.3, -0.25) is 19.7 Å². The van der Waals surface area contributed by atoms with E-state index in [1.165, 1.54) is 6.07 Å². The van der Waals surface area contributed by atoms with Crippen molar-refractivity contribution in [2.24, 2.45) is 0 Å². The second-order valence-corrected chi connectivity index (χ2v) is 7.42. The summed E-state index contributed by atoms with van der Waals surface area (Å²) in [6, 6.07) is 22.3. The molecule has 1 aliphatic heterocycles. The van der Waals surface area contributed by atoms with Crippen molar-refractivity contribution in [3.8, 4) is 0 Å². The van der Waals surface area contributed by atoms with Gasteiger partial charge in [0.1, 0.15) is 0 Å². The first-order chi connectivity index (χ1) is 15.5. The number of para-hydroxylation sites is 1.